The summed E-state index contributed by atoms with van der Waals surface area (Å²) in [5.41, 5.74) is 6.79. The minimum Gasteiger partial charge on any atom is -0.369 e. The van der Waals surface area contributed by atoms with Crippen LogP contribution in [0.4, 0.5) is 27.7 Å². The van der Waals surface area contributed by atoms with E-state index in [9.17, 15) is 9.59 Å². The average Bonchev–Trinajstić information content (AvgIpc) is 2.85. The smallest absolute Gasteiger partial charge is 0.321 e. The third kappa shape index (κ3) is 7.65. The zero-order valence-corrected chi connectivity index (χ0v) is 21.0. The van der Waals surface area contributed by atoms with Crippen molar-refractivity contribution in [3.63, 3.8) is 0 Å². The molecule has 6 N–H and O–H groups in total. The molecule has 2 heterocycles. The number of rotatable bonds is 10. The molecule has 3 rings (SSSR count). The van der Waals surface area contributed by atoms with Gasteiger partial charge in [-0.1, -0.05) is 6.07 Å². The lowest BCUT2D eigenvalue weighted by Crippen LogP contribution is -2.27. The highest BCUT2D eigenvalue weighted by Gasteiger charge is 2.12. The highest BCUT2D eigenvalue weighted by molar-refractivity contribution is 5.93. The Bertz CT molecular complexity index is 1180. The Hall–Kier alpha value is -4.22. The van der Waals surface area contributed by atoms with Crippen molar-refractivity contribution in [2.24, 2.45) is 5.84 Å². The molecule has 0 atom stereocenters. The molecule has 0 aliphatic rings. The van der Waals surface area contributed by atoms with Gasteiger partial charge in [0.15, 0.2) is 0 Å². The minimum absolute atomic E-state index is 0.0979. The van der Waals surface area contributed by atoms with Crippen LogP contribution < -0.4 is 27.2 Å². The molecule has 36 heavy (non-hydrogen) atoms. The summed E-state index contributed by atoms with van der Waals surface area (Å²) in [6.45, 7) is 1.67. The Kier molecular flexibility index (Phi) is 9.14. The van der Waals surface area contributed by atoms with Gasteiger partial charge in [0, 0.05) is 38.9 Å². The minimum atomic E-state index is -0.249. The van der Waals surface area contributed by atoms with Crippen LogP contribution in [-0.4, -0.2) is 73.0 Å². The molecule has 2 aromatic heterocycles. The van der Waals surface area contributed by atoms with Crippen molar-refractivity contribution in [1.82, 2.24) is 19.8 Å². The van der Waals surface area contributed by atoms with Crippen LogP contribution in [0.3, 0.4) is 0 Å². The standard InChI is InChI=1S/C25H33N9O2/c1-33(2)10-9-28-23-8-6-20(16-29-23)30-24(35)13-18-11-17(5-7-22(18)32-26)19-12-21(15-27-14-19)31-25(36)34(3)4/h5-8,11-12,14-16,32H,9-10,13,26H2,1-4H3,(H,28,29)(H,30,35)(H,31,36). The molecule has 0 radical (unpaired) electrons. The van der Waals surface area contributed by atoms with Crippen LogP contribution in [0.1, 0.15) is 5.56 Å². The van der Waals surface area contributed by atoms with Gasteiger partial charge in [-0.25, -0.2) is 9.78 Å². The van der Waals surface area contributed by atoms with Gasteiger partial charge in [0.2, 0.25) is 5.91 Å². The van der Waals surface area contributed by atoms with Crippen LogP contribution in [0, 0.1) is 0 Å². The summed E-state index contributed by atoms with van der Waals surface area (Å²) in [7, 11) is 7.34. The molecule has 3 aromatic rings. The zero-order valence-electron chi connectivity index (χ0n) is 21.0. The first-order valence-corrected chi connectivity index (χ1v) is 11.4. The molecular weight excluding hydrogens is 458 g/mol. The summed E-state index contributed by atoms with van der Waals surface area (Å²) in [5.74, 6) is 6.22. The number of benzene rings is 1. The number of likely N-dealkylation sites (N-methyl/N-ethyl adjacent to an activating group) is 1. The lowest BCUT2D eigenvalue weighted by Gasteiger charge is -2.14. The number of nitrogens with one attached hydrogen (secondary N) is 4. The second kappa shape index (κ2) is 12.5. The van der Waals surface area contributed by atoms with Crippen molar-refractivity contribution in [1.29, 1.82) is 0 Å². The maximum Gasteiger partial charge on any atom is 0.321 e. The number of pyridine rings is 2. The summed E-state index contributed by atoms with van der Waals surface area (Å²) >= 11 is 0. The molecule has 0 unspecified atom stereocenters. The molecular formula is C25H33N9O2. The number of nitrogens with two attached hydrogens (primary N) is 1. The number of carbonyl (C=O) groups is 2. The molecule has 0 fully saturated rings. The topological polar surface area (TPSA) is 141 Å². The number of hydrogen-bond donors (Lipinski definition) is 5. The van der Waals surface area contributed by atoms with Gasteiger partial charge >= 0.3 is 6.03 Å². The monoisotopic (exact) mass is 491 g/mol. The highest BCUT2D eigenvalue weighted by atomic mass is 16.2. The van der Waals surface area contributed by atoms with E-state index in [1.54, 1.807) is 44.8 Å². The first kappa shape index (κ1) is 26.4. The highest BCUT2D eigenvalue weighted by Crippen LogP contribution is 2.27. The number of hydrogen-bond acceptors (Lipinski definition) is 8. The maximum absolute atomic E-state index is 12.8. The van der Waals surface area contributed by atoms with Crippen LogP contribution in [0.15, 0.2) is 55.0 Å². The fraction of sp³-hybridized carbons (Fsp3) is 0.280. The van der Waals surface area contributed by atoms with Crippen molar-refractivity contribution in [2.75, 3.05) is 62.7 Å². The summed E-state index contributed by atoms with van der Waals surface area (Å²) in [6.07, 6.45) is 4.99. The number of amides is 3. The van der Waals surface area contributed by atoms with Crippen molar-refractivity contribution in [3.8, 4) is 11.1 Å². The van der Waals surface area contributed by atoms with Gasteiger partial charge in [-0.05, 0) is 55.6 Å². The quantitative estimate of drug-likeness (QED) is 0.215. The third-order valence-corrected chi connectivity index (χ3v) is 5.25. The summed E-state index contributed by atoms with van der Waals surface area (Å²) in [4.78, 5) is 36.8. The van der Waals surface area contributed by atoms with Gasteiger partial charge in [-0.2, -0.15) is 0 Å². The van der Waals surface area contributed by atoms with Gasteiger partial charge in [-0.15, -0.1) is 0 Å². The van der Waals surface area contributed by atoms with E-state index in [-0.39, 0.29) is 18.4 Å². The molecule has 0 aliphatic heterocycles. The predicted octanol–water partition coefficient (Wildman–Crippen LogP) is 2.68. The lowest BCUT2D eigenvalue weighted by molar-refractivity contribution is -0.115. The van der Waals surface area contributed by atoms with Crippen LogP contribution >= 0.6 is 0 Å². The Morgan fingerprint density at radius 2 is 1.72 bits per heavy atom. The Morgan fingerprint density at radius 1 is 0.917 bits per heavy atom. The van der Waals surface area contributed by atoms with E-state index >= 15 is 0 Å². The first-order chi connectivity index (χ1) is 17.2. The third-order valence-electron chi connectivity index (χ3n) is 5.25. The van der Waals surface area contributed by atoms with Crippen LogP contribution in [0.25, 0.3) is 11.1 Å². The fourth-order valence-corrected chi connectivity index (χ4v) is 3.32. The average molecular weight is 492 g/mol. The summed E-state index contributed by atoms with van der Waals surface area (Å²) < 4.78 is 0. The van der Waals surface area contributed by atoms with Crippen molar-refractivity contribution in [3.05, 3.63) is 60.6 Å². The lowest BCUT2D eigenvalue weighted by atomic mass is 10.0. The number of nitrogens with zero attached hydrogens (tertiary/aromatic N) is 4. The number of hydrazine groups is 1. The number of carbonyl (C=O) groups excluding carboxylic acids is 2. The fourth-order valence-electron chi connectivity index (χ4n) is 3.32. The van der Waals surface area contributed by atoms with E-state index in [4.69, 9.17) is 5.84 Å². The molecule has 3 amide bonds. The SMILES string of the molecule is CN(C)CCNc1ccc(NC(=O)Cc2cc(-c3cncc(NC(=O)N(C)C)c3)ccc2NN)cn1. The normalized spacial score (nSPS) is 10.6. The van der Waals surface area contributed by atoms with Gasteiger partial charge < -0.3 is 31.2 Å². The van der Waals surface area contributed by atoms with Crippen molar-refractivity contribution in [2.45, 2.75) is 6.42 Å². The number of aromatic nitrogens is 2. The van der Waals surface area contributed by atoms with E-state index in [1.165, 1.54) is 4.90 Å². The van der Waals surface area contributed by atoms with E-state index in [1.807, 2.05) is 38.4 Å². The van der Waals surface area contributed by atoms with Crippen LogP contribution in [0.2, 0.25) is 0 Å². The first-order valence-electron chi connectivity index (χ1n) is 11.4. The number of nitrogen functional groups attached to an aromatic ring is 1. The van der Waals surface area contributed by atoms with Crippen molar-refractivity contribution < 1.29 is 9.59 Å². The van der Waals surface area contributed by atoms with E-state index in [2.05, 4.69) is 36.2 Å². The summed E-state index contributed by atoms with van der Waals surface area (Å²) in [6, 6.07) is 10.8. The van der Waals surface area contributed by atoms with E-state index in [0.717, 1.165) is 30.0 Å². The molecule has 11 heteroatoms. The van der Waals surface area contributed by atoms with Crippen molar-refractivity contribution >= 4 is 34.8 Å². The molecule has 1 aromatic carbocycles. The Balaban J connectivity index is 1.69. The van der Waals surface area contributed by atoms with Crippen LogP contribution in [-0.2, 0) is 11.2 Å². The second-order valence-electron chi connectivity index (χ2n) is 8.69. The Labute approximate surface area is 211 Å². The predicted molar refractivity (Wildman–Crippen MR) is 144 cm³/mol. The number of anilines is 4. The molecule has 0 bridgehead atoms. The van der Waals surface area contributed by atoms with Gasteiger partial charge in [-0.3, -0.25) is 15.6 Å². The van der Waals surface area contributed by atoms with Gasteiger partial charge in [0.05, 0.1) is 35.9 Å². The summed E-state index contributed by atoms with van der Waals surface area (Å²) in [5, 5.41) is 8.89. The zero-order chi connectivity index (χ0) is 26.1. The van der Waals surface area contributed by atoms with Gasteiger partial charge in [0.1, 0.15) is 5.82 Å². The molecule has 11 nitrogen and oxygen atoms in total. The second-order valence-corrected chi connectivity index (χ2v) is 8.69. The Morgan fingerprint density at radius 3 is 2.39 bits per heavy atom. The number of urea groups is 1. The van der Waals surface area contributed by atoms with Crippen LogP contribution in [0.5, 0.6) is 0 Å². The molecule has 0 spiro atoms. The van der Waals surface area contributed by atoms with Gasteiger partial charge in [0.25, 0.3) is 0 Å². The maximum atomic E-state index is 12.8. The molecule has 0 aliphatic carbocycles. The van der Waals surface area contributed by atoms with E-state index in [0.29, 0.717) is 22.6 Å². The molecule has 0 saturated heterocycles. The molecule has 0 saturated carbocycles. The largest absolute Gasteiger partial charge is 0.369 e. The molecule has 190 valence electrons. The van der Waals surface area contributed by atoms with E-state index < -0.39 is 0 Å².